The Labute approximate surface area is 141 Å². The maximum absolute atomic E-state index is 11.9. The third kappa shape index (κ3) is 6.04. The Hall–Kier alpha value is -2.96. The molecule has 2 rings (SSSR count). The van der Waals surface area contributed by atoms with E-state index in [9.17, 15) is 4.79 Å². The van der Waals surface area contributed by atoms with Crippen LogP contribution in [0.2, 0.25) is 0 Å². The second-order valence-electron chi connectivity index (χ2n) is 5.14. The minimum absolute atomic E-state index is 0.0965. The highest BCUT2D eigenvalue weighted by molar-refractivity contribution is 5.90. The number of carbonyl (C=O) groups excluding carboxylic acids is 1. The van der Waals surface area contributed by atoms with Crippen molar-refractivity contribution in [2.45, 2.75) is 19.9 Å². The van der Waals surface area contributed by atoms with Crippen LogP contribution < -0.4 is 16.0 Å². The molecule has 0 fully saturated rings. The van der Waals surface area contributed by atoms with Gasteiger partial charge in [-0.3, -0.25) is 14.8 Å². The smallest absolute Gasteiger partial charge is 0.227 e. The minimum Gasteiger partial charge on any atom is -0.356 e. The largest absolute Gasteiger partial charge is 0.356 e. The summed E-state index contributed by atoms with van der Waals surface area (Å²) in [6.45, 7) is 2.92. The fraction of sp³-hybridized carbons (Fsp3) is 0.294. The van der Waals surface area contributed by atoms with Gasteiger partial charge in [0.2, 0.25) is 5.91 Å². The molecule has 3 N–H and O–H groups in total. The van der Waals surface area contributed by atoms with E-state index in [0.717, 1.165) is 11.4 Å². The first-order valence-corrected chi connectivity index (χ1v) is 7.75. The molecule has 0 saturated heterocycles. The molecule has 0 saturated carbocycles. The van der Waals surface area contributed by atoms with E-state index in [1.165, 1.54) is 0 Å². The standard InChI is InChI=1S/C17H22N6O/c1-13-6-5-8-15(22-13)23-16(24)9-11-20-17(18-2)21-12-14-7-3-4-10-19-14/h3-8,10H,9,11-12H2,1-2H3,(H2,18,20,21)(H,22,23,24). The SMILES string of the molecule is CN=C(NCCC(=O)Nc1cccc(C)n1)NCc1ccccn1. The van der Waals surface area contributed by atoms with E-state index in [-0.39, 0.29) is 5.91 Å². The molecule has 2 heterocycles. The predicted molar refractivity (Wildman–Crippen MR) is 94.7 cm³/mol. The summed E-state index contributed by atoms with van der Waals surface area (Å²) < 4.78 is 0. The molecule has 2 aromatic rings. The number of guanidine groups is 1. The van der Waals surface area contributed by atoms with Crippen molar-refractivity contribution in [3.63, 3.8) is 0 Å². The molecule has 0 bridgehead atoms. The number of hydrogen-bond donors (Lipinski definition) is 3. The molecule has 0 aliphatic heterocycles. The summed E-state index contributed by atoms with van der Waals surface area (Å²) in [7, 11) is 1.69. The number of amides is 1. The summed E-state index contributed by atoms with van der Waals surface area (Å²) in [6.07, 6.45) is 2.07. The van der Waals surface area contributed by atoms with E-state index >= 15 is 0 Å². The normalized spacial score (nSPS) is 11.0. The van der Waals surface area contributed by atoms with Crippen LogP contribution in [0.25, 0.3) is 0 Å². The molecule has 2 aromatic heterocycles. The number of nitrogens with zero attached hydrogens (tertiary/aromatic N) is 3. The monoisotopic (exact) mass is 326 g/mol. The van der Waals surface area contributed by atoms with Gasteiger partial charge in [0.15, 0.2) is 5.96 Å². The third-order valence-corrected chi connectivity index (χ3v) is 3.19. The molecule has 0 aromatic carbocycles. The Morgan fingerprint density at radius 1 is 1.17 bits per heavy atom. The van der Waals surface area contributed by atoms with Crippen molar-refractivity contribution in [3.8, 4) is 0 Å². The predicted octanol–water partition coefficient (Wildman–Crippen LogP) is 1.48. The zero-order valence-electron chi connectivity index (χ0n) is 13.9. The minimum atomic E-state index is -0.0965. The Kier molecular flexibility index (Phi) is 6.70. The summed E-state index contributed by atoms with van der Waals surface area (Å²) in [5.41, 5.74) is 1.79. The summed E-state index contributed by atoms with van der Waals surface area (Å²) in [6, 6.07) is 11.3. The van der Waals surface area contributed by atoms with Crippen molar-refractivity contribution in [3.05, 3.63) is 54.0 Å². The molecular formula is C17H22N6O. The van der Waals surface area contributed by atoms with Gasteiger partial charge in [-0.05, 0) is 31.2 Å². The topological polar surface area (TPSA) is 91.3 Å². The molecule has 0 atom stereocenters. The first-order chi connectivity index (χ1) is 11.7. The summed E-state index contributed by atoms with van der Waals surface area (Å²) >= 11 is 0. The molecule has 0 unspecified atom stereocenters. The van der Waals surface area contributed by atoms with Crippen LogP contribution in [0.4, 0.5) is 5.82 Å². The lowest BCUT2D eigenvalue weighted by molar-refractivity contribution is -0.116. The number of aromatic nitrogens is 2. The molecule has 0 aliphatic carbocycles. The number of nitrogens with one attached hydrogen (secondary N) is 3. The second kappa shape index (κ2) is 9.24. The average Bonchev–Trinajstić information content (AvgIpc) is 2.59. The number of carbonyl (C=O) groups is 1. The van der Waals surface area contributed by atoms with E-state index in [1.807, 2.05) is 37.3 Å². The highest BCUT2D eigenvalue weighted by Crippen LogP contribution is 2.03. The van der Waals surface area contributed by atoms with Gasteiger partial charge in [0.25, 0.3) is 0 Å². The van der Waals surface area contributed by atoms with E-state index in [2.05, 4.69) is 30.9 Å². The second-order valence-corrected chi connectivity index (χ2v) is 5.14. The van der Waals surface area contributed by atoms with Gasteiger partial charge in [0.05, 0.1) is 12.2 Å². The Morgan fingerprint density at radius 3 is 2.75 bits per heavy atom. The molecular weight excluding hydrogens is 304 g/mol. The van der Waals surface area contributed by atoms with Crippen LogP contribution in [0.1, 0.15) is 17.8 Å². The lowest BCUT2D eigenvalue weighted by atomic mass is 10.3. The van der Waals surface area contributed by atoms with Crippen LogP contribution >= 0.6 is 0 Å². The van der Waals surface area contributed by atoms with E-state index in [4.69, 9.17) is 0 Å². The number of aliphatic imine (C=N–C) groups is 1. The van der Waals surface area contributed by atoms with Gasteiger partial charge in [-0.15, -0.1) is 0 Å². The van der Waals surface area contributed by atoms with Crippen molar-refractivity contribution < 1.29 is 4.79 Å². The quantitative estimate of drug-likeness (QED) is 0.552. The lowest BCUT2D eigenvalue weighted by Gasteiger charge is -2.11. The van der Waals surface area contributed by atoms with Crippen molar-refractivity contribution in [2.75, 3.05) is 18.9 Å². The highest BCUT2D eigenvalue weighted by atomic mass is 16.1. The van der Waals surface area contributed by atoms with Gasteiger partial charge in [-0.2, -0.15) is 0 Å². The molecule has 1 amide bonds. The molecule has 24 heavy (non-hydrogen) atoms. The van der Waals surface area contributed by atoms with Gasteiger partial charge >= 0.3 is 0 Å². The van der Waals surface area contributed by atoms with Crippen LogP contribution in [0, 0.1) is 6.92 Å². The number of aryl methyl sites for hydroxylation is 1. The Bertz CT molecular complexity index is 686. The van der Waals surface area contributed by atoms with Crippen LogP contribution in [0.5, 0.6) is 0 Å². The van der Waals surface area contributed by atoms with Crippen molar-refractivity contribution >= 4 is 17.7 Å². The van der Waals surface area contributed by atoms with Crippen molar-refractivity contribution in [1.29, 1.82) is 0 Å². The maximum Gasteiger partial charge on any atom is 0.227 e. The molecule has 0 aliphatic rings. The molecule has 7 heteroatoms. The van der Waals surface area contributed by atoms with E-state index in [1.54, 1.807) is 19.3 Å². The zero-order valence-corrected chi connectivity index (χ0v) is 13.9. The number of pyridine rings is 2. The van der Waals surface area contributed by atoms with Crippen LogP contribution in [-0.4, -0.2) is 35.4 Å². The van der Waals surface area contributed by atoms with Crippen LogP contribution in [0.15, 0.2) is 47.6 Å². The van der Waals surface area contributed by atoms with Gasteiger partial charge < -0.3 is 16.0 Å². The van der Waals surface area contributed by atoms with Crippen molar-refractivity contribution in [1.82, 2.24) is 20.6 Å². The third-order valence-electron chi connectivity index (χ3n) is 3.19. The van der Waals surface area contributed by atoms with Crippen molar-refractivity contribution in [2.24, 2.45) is 4.99 Å². The lowest BCUT2D eigenvalue weighted by Crippen LogP contribution is -2.38. The van der Waals surface area contributed by atoms with Gasteiger partial charge in [-0.25, -0.2) is 4.98 Å². The first-order valence-electron chi connectivity index (χ1n) is 7.75. The van der Waals surface area contributed by atoms with Crippen LogP contribution in [0.3, 0.4) is 0 Å². The van der Waals surface area contributed by atoms with E-state index in [0.29, 0.717) is 31.3 Å². The molecule has 0 spiro atoms. The van der Waals surface area contributed by atoms with Gasteiger partial charge in [0, 0.05) is 31.9 Å². The first kappa shape index (κ1) is 17.4. The number of hydrogen-bond acceptors (Lipinski definition) is 4. The average molecular weight is 326 g/mol. The highest BCUT2D eigenvalue weighted by Gasteiger charge is 2.04. The fourth-order valence-electron chi connectivity index (χ4n) is 2.01. The zero-order chi connectivity index (χ0) is 17.2. The molecule has 7 nitrogen and oxygen atoms in total. The Morgan fingerprint density at radius 2 is 2.04 bits per heavy atom. The summed E-state index contributed by atoms with van der Waals surface area (Å²) in [5, 5.41) is 9.02. The maximum atomic E-state index is 11.9. The van der Waals surface area contributed by atoms with Gasteiger partial charge in [0.1, 0.15) is 5.82 Å². The summed E-state index contributed by atoms with van der Waals surface area (Å²) in [5.74, 6) is 1.10. The Balaban J connectivity index is 1.70. The van der Waals surface area contributed by atoms with E-state index < -0.39 is 0 Å². The number of rotatable bonds is 6. The van der Waals surface area contributed by atoms with Gasteiger partial charge in [-0.1, -0.05) is 12.1 Å². The molecule has 126 valence electrons. The molecule has 0 radical (unpaired) electrons. The summed E-state index contributed by atoms with van der Waals surface area (Å²) in [4.78, 5) is 24.5. The fourth-order valence-corrected chi connectivity index (χ4v) is 2.01. The number of anilines is 1. The van der Waals surface area contributed by atoms with Crippen LogP contribution in [-0.2, 0) is 11.3 Å².